The predicted molar refractivity (Wildman–Crippen MR) is 144 cm³/mol. The van der Waals surface area contributed by atoms with Gasteiger partial charge in [0.05, 0.1) is 16.6 Å². The molecule has 1 saturated carbocycles. The lowest BCUT2D eigenvalue weighted by atomic mass is 10.0. The molecule has 2 N–H and O–H groups in total. The highest BCUT2D eigenvalue weighted by Crippen LogP contribution is 2.37. The smallest absolute Gasteiger partial charge is 0.376 e. The molecule has 1 fully saturated rings. The molecule has 0 radical (unpaired) electrons. The number of hydrogen-bond donors (Lipinski definition) is 1. The van der Waals surface area contributed by atoms with E-state index in [1.165, 1.54) is 17.7 Å². The van der Waals surface area contributed by atoms with Gasteiger partial charge in [-0.05, 0) is 73.8 Å². The van der Waals surface area contributed by atoms with E-state index in [1.54, 1.807) is 0 Å². The van der Waals surface area contributed by atoms with E-state index < -0.39 is 23.5 Å². The number of halogens is 6. The van der Waals surface area contributed by atoms with E-state index in [9.17, 15) is 26.3 Å². The molecule has 1 heterocycles. The highest BCUT2D eigenvalue weighted by atomic mass is 32.1. The average molecular weight is 569 g/mol. The largest absolute Gasteiger partial charge is 0.416 e. The minimum atomic E-state index is -4.94. The summed E-state index contributed by atoms with van der Waals surface area (Å²) in [6.45, 7) is 3.27. The number of alkyl halides is 6. The van der Waals surface area contributed by atoms with Crippen LogP contribution in [-0.4, -0.2) is 28.1 Å². The van der Waals surface area contributed by atoms with Crippen molar-refractivity contribution in [3.8, 4) is 0 Å². The first-order valence-electron chi connectivity index (χ1n) is 12.8. The molecule has 0 unspecified atom stereocenters. The number of fused-ring (bicyclic) bond motifs is 1. The van der Waals surface area contributed by atoms with Crippen molar-refractivity contribution < 1.29 is 26.3 Å². The van der Waals surface area contributed by atoms with Crippen LogP contribution in [0.15, 0.2) is 48.5 Å². The number of anilines is 1. The van der Waals surface area contributed by atoms with Gasteiger partial charge in [-0.1, -0.05) is 31.0 Å². The second kappa shape index (κ2) is 11.6. The van der Waals surface area contributed by atoms with E-state index >= 15 is 0 Å². The molecule has 4 nitrogen and oxygen atoms in total. The normalized spacial score (nSPS) is 14.6. The minimum Gasteiger partial charge on any atom is -0.376 e. The SMILES string of the molecule is CCN(CC1CCCC1)c1nc2ccccc2cc1CN(Cc1cc(C(F)(F)F)cc(C(F)(F)F)c1)C(N)=S. The van der Waals surface area contributed by atoms with Crippen LogP contribution >= 0.6 is 12.2 Å². The summed E-state index contributed by atoms with van der Waals surface area (Å²) in [5.74, 6) is 1.24. The van der Waals surface area contributed by atoms with Crippen LogP contribution in [0.2, 0.25) is 0 Å². The van der Waals surface area contributed by atoms with Gasteiger partial charge in [0, 0.05) is 37.1 Å². The predicted octanol–water partition coefficient (Wildman–Crippen LogP) is 7.53. The number of aromatic nitrogens is 1. The Morgan fingerprint density at radius 3 is 2.13 bits per heavy atom. The van der Waals surface area contributed by atoms with Crippen molar-refractivity contribution >= 4 is 34.1 Å². The molecule has 0 amide bonds. The Labute approximate surface area is 228 Å². The number of benzene rings is 2. The molecule has 4 rings (SSSR count). The molecule has 11 heteroatoms. The monoisotopic (exact) mass is 568 g/mol. The zero-order valence-electron chi connectivity index (χ0n) is 21.4. The standard InChI is InChI=1S/C28H30F6N4S/c1-2-37(15-18-7-3-4-8-18)25-21(13-20-9-5-6-10-24(20)36-25)17-38(26(35)39)16-19-11-22(27(29,30)31)14-23(12-19)28(32,33)34/h5-6,9-14,18H,2-4,7-8,15-17H2,1H3,(H2,35,39). The summed E-state index contributed by atoms with van der Waals surface area (Å²) in [6.07, 6.45) is -5.24. The van der Waals surface area contributed by atoms with E-state index in [1.807, 2.05) is 37.3 Å². The number of rotatable bonds is 8. The summed E-state index contributed by atoms with van der Waals surface area (Å²) < 4.78 is 80.6. The van der Waals surface area contributed by atoms with Gasteiger partial charge in [-0.2, -0.15) is 26.3 Å². The zero-order valence-corrected chi connectivity index (χ0v) is 22.3. The lowest BCUT2D eigenvalue weighted by molar-refractivity contribution is -0.143. The van der Waals surface area contributed by atoms with Crippen molar-refractivity contribution in [2.24, 2.45) is 11.7 Å². The number of nitrogens with two attached hydrogens (primary N) is 1. The maximum atomic E-state index is 13.4. The Bertz CT molecular complexity index is 1290. The molecule has 1 aromatic heterocycles. The van der Waals surface area contributed by atoms with Gasteiger partial charge in [-0.3, -0.25) is 0 Å². The number of para-hydroxylation sites is 1. The third kappa shape index (κ3) is 7.12. The third-order valence-electron chi connectivity index (χ3n) is 7.11. The van der Waals surface area contributed by atoms with Crippen molar-refractivity contribution in [3.05, 3.63) is 70.8 Å². The second-order valence-electron chi connectivity index (χ2n) is 9.96. The van der Waals surface area contributed by atoms with Gasteiger partial charge in [0.2, 0.25) is 0 Å². The first-order chi connectivity index (χ1) is 18.3. The molecule has 3 aromatic rings. The van der Waals surface area contributed by atoms with Crippen molar-refractivity contribution in [1.29, 1.82) is 0 Å². The molecule has 210 valence electrons. The third-order valence-corrected chi connectivity index (χ3v) is 7.37. The molecule has 2 aromatic carbocycles. The van der Waals surface area contributed by atoms with Crippen molar-refractivity contribution in [2.45, 2.75) is 58.0 Å². The van der Waals surface area contributed by atoms with E-state index in [0.29, 0.717) is 30.4 Å². The Morgan fingerprint density at radius 1 is 0.949 bits per heavy atom. The highest BCUT2D eigenvalue weighted by molar-refractivity contribution is 7.80. The Hall–Kier alpha value is -3.08. The zero-order chi connectivity index (χ0) is 28.4. The topological polar surface area (TPSA) is 45.4 Å². The molecule has 1 aliphatic carbocycles. The highest BCUT2D eigenvalue weighted by Gasteiger charge is 2.37. The molecular formula is C28H30F6N4S. The van der Waals surface area contributed by atoms with Crippen LogP contribution in [-0.2, 0) is 25.4 Å². The fraction of sp³-hybridized carbons (Fsp3) is 0.429. The van der Waals surface area contributed by atoms with Crippen LogP contribution in [0.25, 0.3) is 10.9 Å². The van der Waals surface area contributed by atoms with E-state index in [4.69, 9.17) is 22.9 Å². The van der Waals surface area contributed by atoms with Crippen molar-refractivity contribution in [2.75, 3.05) is 18.0 Å². The van der Waals surface area contributed by atoms with Crippen LogP contribution in [0.5, 0.6) is 0 Å². The first-order valence-corrected chi connectivity index (χ1v) is 13.2. The van der Waals surface area contributed by atoms with Crippen molar-refractivity contribution in [1.82, 2.24) is 9.88 Å². The van der Waals surface area contributed by atoms with Crippen LogP contribution in [0.3, 0.4) is 0 Å². The van der Waals surface area contributed by atoms with Gasteiger partial charge in [-0.15, -0.1) is 0 Å². The van der Waals surface area contributed by atoms with Gasteiger partial charge in [0.25, 0.3) is 0 Å². The summed E-state index contributed by atoms with van der Waals surface area (Å²) in [7, 11) is 0. The van der Waals surface area contributed by atoms with E-state index in [2.05, 4.69) is 4.90 Å². The molecule has 0 aliphatic heterocycles. The number of thiocarbonyl (C=S) groups is 1. The molecule has 0 atom stereocenters. The van der Waals surface area contributed by atoms with Crippen LogP contribution in [0, 0.1) is 5.92 Å². The maximum absolute atomic E-state index is 13.4. The average Bonchev–Trinajstić information content (AvgIpc) is 3.38. The quantitative estimate of drug-likeness (QED) is 0.225. The summed E-state index contributed by atoms with van der Waals surface area (Å²) in [6, 6.07) is 11.0. The van der Waals surface area contributed by atoms with Crippen LogP contribution in [0.1, 0.15) is 54.9 Å². The number of nitrogens with zero attached hydrogens (tertiary/aromatic N) is 3. The summed E-state index contributed by atoms with van der Waals surface area (Å²) in [5, 5.41) is 0.716. The Balaban J connectivity index is 1.72. The molecule has 39 heavy (non-hydrogen) atoms. The minimum absolute atomic E-state index is 0.0707. The number of hydrogen-bond acceptors (Lipinski definition) is 3. The van der Waals surface area contributed by atoms with E-state index in [0.717, 1.165) is 35.9 Å². The summed E-state index contributed by atoms with van der Waals surface area (Å²) >= 11 is 5.20. The molecule has 0 bridgehead atoms. The van der Waals surface area contributed by atoms with E-state index in [-0.39, 0.29) is 29.8 Å². The van der Waals surface area contributed by atoms with Gasteiger partial charge in [0.1, 0.15) is 5.82 Å². The fourth-order valence-electron chi connectivity index (χ4n) is 5.16. The van der Waals surface area contributed by atoms with Gasteiger partial charge in [0.15, 0.2) is 5.11 Å². The maximum Gasteiger partial charge on any atom is 0.416 e. The Morgan fingerprint density at radius 2 is 1.56 bits per heavy atom. The molecular weight excluding hydrogens is 538 g/mol. The van der Waals surface area contributed by atoms with Crippen LogP contribution < -0.4 is 10.6 Å². The summed E-state index contributed by atoms with van der Waals surface area (Å²) in [4.78, 5) is 8.51. The van der Waals surface area contributed by atoms with Crippen LogP contribution in [0.4, 0.5) is 32.2 Å². The lowest BCUT2D eigenvalue weighted by Crippen LogP contribution is -2.36. The van der Waals surface area contributed by atoms with Gasteiger partial charge >= 0.3 is 12.4 Å². The van der Waals surface area contributed by atoms with Gasteiger partial charge in [-0.25, -0.2) is 4.98 Å². The van der Waals surface area contributed by atoms with Crippen molar-refractivity contribution in [3.63, 3.8) is 0 Å². The molecule has 1 aliphatic rings. The molecule has 0 spiro atoms. The summed E-state index contributed by atoms with van der Waals surface area (Å²) in [5.41, 5.74) is 4.54. The first kappa shape index (κ1) is 28.9. The fourth-order valence-corrected chi connectivity index (χ4v) is 5.29. The lowest BCUT2D eigenvalue weighted by Gasteiger charge is -2.30. The molecule has 0 saturated heterocycles. The number of pyridine rings is 1. The Kier molecular flexibility index (Phi) is 8.58. The van der Waals surface area contributed by atoms with Gasteiger partial charge < -0.3 is 15.5 Å². The second-order valence-corrected chi connectivity index (χ2v) is 10.4.